The molecule has 1 aromatic heterocycles. The van der Waals surface area contributed by atoms with Gasteiger partial charge < -0.3 is 15.0 Å². The van der Waals surface area contributed by atoms with E-state index < -0.39 is 0 Å². The molecule has 0 saturated heterocycles. The summed E-state index contributed by atoms with van der Waals surface area (Å²) in [6, 6.07) is 0. The van der Waals surface area contributed by atoms with Crippen molar-refractivity contribution in [1.29, 1.82) is 0 Å². The Balaban J connectivity index is 2.48. The van der Waals surface area contributed by atoms with Crippen LogP contribution in [0.25, 0.3) is 0 Å². The van der Waals surface area contributed by atoms with Gasteiger partial charge in [-0.3, -0.25) is 0 Å². The van der Waals surface area contributed by atoms with Crippen LogP contribution in [0.15, 0.2) is 6.33 Å². The molecule has 1 aliphatic heterocycles. The first-order valence-electron chi connectivity index (χ1n) is 4.17. The molecule has 0 aromatic carbocycles. The number of ether oxygens (including phenoxy) is 1. The van der Waals surface area contributed by atoms with Crippen LogP contribution in [0.2, 0.25) is 0 Å². The number of hydrogen-bond acceptors (Lipinski definition) is 5. The van der Waals surface area contributed by atoms with Crippen LogP contribution < -0.4 is 15.0 Å². The van der Waals surface area contributed by atoms with Crippen LogP contribution in [0.4, 0.5) is 11.5 Å². The number of aromatic nitrogens is 2. The highest BCUT2D eigenvalue weighted by Crippen LogP contribution is 2.31. The number of fused-ring (bicyclic) bond motifs is 1. The predicted octanol–water partition coefficient (Wildman–Crippen LogP) is 0.347. The molecule has 1 aromatic rings. The van der Waals surface area contributed by atoms with E-state index in [2.05, 4.69) is 20.2 Å². The van der Waals surface area contributed by atoms with E-state index in [1.54, 1.807) is 7.11 Å². The van der Waals surface area contributed by atoms with Crippen molar-refractivity contribution in [3.63, 3.8) is 0 Å². The second-order valence-electron chi connectivity index (χ2n) is 2.93. The van der Waals surface area contributed by atoms with E-state index in [0.717, 1.165) is 24.6 Å². The highest BCUT2D eigenvalue weighted by atomic mass is 16.5. The van der Waals surface area contributed by atoms with Gasteiger partial charge in [0, 0.05) is 20.1 Å². The molecule has 0 spiro atoms. The van der Waals surface area contributed by atoms with E-state index in [-0.39, 0.29) is 0 Å². The SMILES string of the molecule is COc1ncnc2c1NCCN2C. The second kappa shape index (κ2) is 3.08. The lowest BCUT2D eigenvalue weighted by Gasteiger charge is -2.27. The van der Waals surface area contributed by atoms with Crippen molar-refractivity contribution in [1.82, 2.24) is 9.97 Å². The minimum Gasteiger partial charge on any atom is -0.479 e. The molecule has 0 amide bonds. The molecule has 2 heterocycles. The zero-order valence-electron chi connectivity index (χ0n) is 7.74. The van der Waals surface area contributed by atoms with Gasteiger partial charge in [-0.1, -0.05) is 0 Å². The normalized spacial score (nSPS) is 14.8. The summed E-state index contributed by atoms with van der Waals surface area (Å²) in [7, 11) is 3.62. The molecule has 0 unspecified atom stereocenters. The van der Waals surface area contributed by atoms with Crippen LogP contribution in [-0.2, 0) is 0 Å². The molecule has 0 atom stereocenters. The van der Waals surface area contributed by atoms with Crippen molar-refractivity contribution in [2.24, 2.45) is 0 Å². The number of likely N-dealkylation sites (N-methyl/N-ethyl adjacent to an activating group) is 1. The molecule has 0 aliphatic carbocycles. The first-order chi connectivity index (χ1) is 6.33. The Morgan fingerprint density at radius 2 is 2.38 bits per heavy atom. The van der Waals surface area contributed by atoms with Crippen LogP contribution in [0.5, 0.6) is 5.88 Å². The number of hydrogen-bond donors (Lipinski definition) is 1. The third kappa shape index (κ3) is 1.26. The van der Waals surface area contributed by atoms with Crippen LogP contribution in [0, 0.1) is 0 Å². The molecular weight excluding hydrogens is 168 g/mol. The van der Waals surface area contributed by atoms with Crippen molar-refractivity contribution >= 4 is 11.5 Å². The van der Waals surface area contributed by atoms with Gasteiger partial charge in [0.05, 0.1) is 7.11 Å². The molecule has 5 heteroatoms. The topological polar surface area (TPSA) is 50.3 Å². The van der Waals surface area contributed by atoms with Gasteiger partial charge in [0.2, 0.25) is 5.88 Å². The molecule has 5 nitrogen and oxygen atoms in total. The van der Waals surface area contributed by atoms with Crippen LogP contribution in [-0.4, -0.2) is 37.2 Å². The molecule has 70 valence electrons. The molecule has 1 aliphatic rings. The summed E-state index contributed by atoms with van der Waals surface area (Å²) in [5.74, 6) is 1.51. The summed E-state index contributed by atoms with van der Waals surface area (Å²) in [6.45, 7) is 1.85. The van der Waals surface area contributed by atoms with Gasteiger partial charge in [0.1, 0.15) is 12.0 Å². The molecule has 1 N–H and O–H groups in total. The average Bonchev–Trinajstić information content (AvgIpc) is 2.18. The van der Waals surface area contributed by atoms with Gasteiger partial charge in [-0.25, -0.2) is 4.98 Å². The Hall–Kier alpha value is -1.52. The standard InChI is InChI=1S/C8H12N4O/c1-12-4-3-9-6-7(12)10-5-11-8(6)13-2/h5,9H,3-4H2,1-2H3. The summed E-state index contributed by atoms with van der Waals surface area (Å²) in [4.78, 5) is 10.3. The number of anilines is 2. The maximum Gasteiger partial charge on any atom is 0.242 e. The first-order valence-corrected chi connectivity index (χ1v) is 4.17. The Kier molecular flexibility index (Phi) is 1.92. The minimum absolute atomic E-state index is 0.608. The van der Waals surface area contributed by atoms with Gasteiger partial charge >= 0.3 is 0 Å². The van der Waals surface area contributed by atoms with Crippen LogP contribution >= 0.6 is 0 Å². The first kappa shape index (κ1) is 8.10. The van der Waals surface area contributed by atoms with Crippen LogP contribution in [0.3, 0.4) is 0 Å². The van der Waals surface area contributed by atoms with Crippen molar-refractivity contribution in [3.8, 4) is 5.88 Å². The number of nitrogens with zero attached hydrogens (tertiary/aromatic N) is 3. The van der Waals surface area contributed by atoms with E-state index in [9.17, 15) is 0 Å². The monoisotopic (exact) mass is 180 g/mol. The molecule has 0 fully saturated rings. The smallest absolute Gasteiger partial charge is 0.242 e. The number of methoxy groups -OCH3 is 1. The average molecular weight is 180 g/mol. The third-order valence-corrected chi connectivity index (χ3v) is 2.10. The van der Waals surface area contributed by atoms with E-state index >= 15 is 0 Å². The highest BCUT2D eigenvalue weighted by Gasteiger charge is 2.18. The summed E-state index contributed by atoms with van der Waals surface area (Å²) in [6.07, 6.45) is 1.52. The van der Waals surface area contributed by atoms with Gasteiger partial charge in [-0.05, 0) is 0 Å². The quantitative estimate of drug-likeness (QED) is 0.675. The molecule has 0 radical (unpaired) electrons. The molecule has 2 rings (SSSR count). The lowest BCUT2D eigenvalue weighted by Crippen LogP contribution is -2.31. The number of nitrogens with one attached hydrogen (secondary N) is 1. The summed E-state index contributed by atoms with van der Waals surface area (Å²) >= 11 is 0. The Labute approximate surface area is 76.7 Å². The Morgan fingerprint density at radius 1 is 1.54 bits per heavy atom. The largest absolute Gasteiger partial charge is 0.479 e. The second-order valence-corrected chi connectivity index (χ2v) is 2.93. The fourth-order valence-corrected chi connectivity index (χ4v) is 1.41. The zero-order valence-corrected chi connectivity index (χ0v) is 7.74. The fraction of sp³-hybridized carbons (Fsp3) is 0.500. The van der Waals surface area contributed by atoms with Crippen molar-refractivity contribution < 1.29 is 4.74 Å². The molecule has 0 saturated carbocycles. The van der Waals surface area contributed by atoms with Gasteiger partial charge in [-0.15, -0.1) is 0 Å². The van der Waals surface area contributed by atoms with Crippen LogP contribution in [0.1, 0.15) is 0 Å². The van der Waals surface area contributed by atoms with Gasteiger partial charge in [-0.2, -0.15) is 4.98 Å². The van der Waals surface area contributed by atoms with Crippen molar-refractivity contribution in [3.05, 3.63) is 6.33 Å². The van der Waals surface area contributed by atoms with Crippen molar-refractivity contribution in [2.75, 3.05) is 37.5 Å². The molecule has 13 heavy (non-hydrogen) atoms. The van der Waals surface area contributed by atoms with Gasteiger partial charge in [0.15, 0.2) is 5.82 Å². The zero-order chi connectivity index (χ0) is 9.26. The number of rotatable bonds is 1. The predicted molar refractivity (Wildman–Crippen MR) is 50.3 cm³/mol. The maximum atomic E-state index is 5.12. The van der Waals surface area contributed by atoms with Gasteiger partial charge in [0.25, 0.3) is 0 Å². The van der Waals surface area contributed by atoms with E-state index in [1.165, 1.54) is 6.33 Å². The summed E-state index contributed by atoms with van der Waals surface area (Å²) < 4.78 is 5.12. The maximum absolute atomic E-state index is 5.12. The van der Waals surface area contributed by atoms with E-state index in [0.29, 0.717) is 5.88 Å². The highest BCUT2D eigenvalue weighted by molar-refractivity contribution is 5.72. The summed E-state index contributed by atoms with van der Waals surface area (Å²) in [5, 5.41) is 3.22. The minimum atomic E-state index is 0.608. The molecule has 0 bridgehead atoms. The lowest BCUT2D eigenvalue weighted by molar-refractivity contribution is 0.398. The molecular formula is C8H12N4O. The van der Waals surface area contributed by atoms with E-state index in [1.807, 2.05) is 7.05 Å². The fourth-order valence-electron chi connectivity index (χ4n) is 1.41. The lowest BCUT2D eigenvalue weighted by atomic mass is 10.3. The Bertz CT molecular complexity index is 315. The summed E-state index contributed by atoms with van der Waals surface area (Å²) in [5.41, 5.74) is 0.888. The van der Waals surface area contributed by atoms with E-state index in [4.69, 9.17) is 4.74 Å². The van der Waals surface area contributed by atoms with Crippen molar-refractivity contribution in [2.45, 2.75) is 0 Å². The Morgan fingerprint density at radius 3 is 3.15 bits per heavy atom. The third-order valence-electron chi connectivity index (χ3n) is 2.10.